The molecule has 1 aliphatic rings. The third kappa shape index (κ3) is 5.80. The number of carbonyl (C=O) groups excluding carboxylic acids is 3. The van der Waals surface area contributed by atoms with Crippen LogP contribution in [0.1, 0.15) is 36.1 Å². The lowest BCUT2D eigenvalue weighted by Crippen LogP contribution is -2.33. The first kappa shape index (κ1) is 27.0. The van der Waals surface area contributed by atoms with Crippen molar-refractivity contribution in [1.29, 1.82) is 0 Å². The molecule has 2 amide bonds. The number of sulfone groups is 1. The summed E-state index contributed by atoms with van der Waals surface area (Å²) in [6.07, 6.45) is -6.64. The first-order valence-corrected chi connectivity index (χ1v) is 11.8. The first-order valence-electron chi connectivity index (χ1n) is 10.3. The maximum Gasteiger partial charge on any atom is 0.533 e. The minimum atomic E-state index is -4.74. The second-order valence-electron chi connectivity index (χ2n) is 7.87. The van der Waals surface area contributed by atoms with Crippen molar-refractivity contribution in [3.8, 4) is 0 Å². The van der Waals surface area contributed by atoms with E-state index < -0.39 is 79.4 Å². The molecular formula is C22H18F5NO7S. The largest absolute Gasteiger partial charge is 0.533 e. The molecule has 1 fully saturated rings. The van der Waals surface area contributed by atoms with E-state index in [1.165, 1.54) is 6.92 Å². The molecule has 2 aromatic rings. The topological polar surface area (TPSA) is 107 Å². The van der Waals surface area contributed by atoms with Crippen LogP contribution >= 0.6 is 0 Å². The Morgan fingerprint density at radius 3 is 2.17 bits per heavy atom. The molecule has 0 saturated carbocycles. The van der Waals surface area contributed by atoms with Crippen molar-refractivity contribution >= 4 is 27.8 Å². The molecule has 1 saturated heterocycles. The normalized spacial score (nSPS) is 16.1. The molecule has 0 N–H and O–H groups in total. The van der Waals surface area contributed by atoms with Gasteiger partial charge in [0.2, 0.25) is 0 Å². The van der Waals surface area contributed by atoms with E-state index in [-0.39, 0.29) is 17.9 Å². The SMILES string of the molecule is CC(COC(=O)ON1C(=O)CCC1=O)C(c1cc(F)ccc1F)S(=O)(=O)c1ccc(C(F)(F)F)cc1. The minimum Gasteiger partial charge on any atom is -0.432 e. The smallest absolute Gasteiger partial charge is 0.432 e. The molecule has 14 heteroatoms. The summed E-state index contributed by atoms with van der Waals surface area (Å²) in [4.78, 5) is 38.9. The molecule has 3 rings (SSSR count). The molecule has 2 aromatic carbocycles. The summed E-state index contributed by atoms with van der Waals surface area (Å²) in [5.74, 6) is -5.01. The Labute approximate surface area is 201 Å². The van der Waals surface area contributed by atoms with E-state index in [4.69, 9.17) is 4.74 Å². The minimum absolute atomic E-state index is 0.186. The fraction of sp³-hybridized carbons (Fsp3) is 0.318. The van der Waals surface area contributed by atoms with Crippen molar-refractivity contribution in [2.24, 2.45) is 5.92 Å². The number of alkyl halides is 3. The predicted molar refractivity (Wildman–Crippen MR) is 110 cm³/mol. The molecule has 1 heterocycles. The highest BCUT2D eigenvalue weighted by atomic mass is 32.2. The number of imide groups is 1. The molecule has 194 valence electrons. The Morgan fingerprint density at radius 2 is 1.61 bits per heavy atom. The number of hydrogen-bond donors (Lipinski definition) is 0. The lowest BCUT2D eigenvalue weighted by atomic mass is 10.0. The van der Waals surface area contributed by atoms with E-state index in [0.29, 0.717) is 36.4 Å². The lowest BCUT2D eigenvalue weighted by molar-refractivity contribution is -0.177. The molecule has 36 heavy (non-hydrogen) atoms. The van der Waals surface area contributed by atoms with Gasteiger partial charge in [-0.15, -0.1) is 0 Å². The monoisotopic (exact) mass is 535 g/mol. The van der Waals surface area contributed by atoms with Crippen LogP contribution in [0.2, 0.25) is 0 Å². The van der Waals surface area contributed by atoms with Gasteiger partial charge in [-0.25, -0.2) is 22.0 Å². The lowest BCUT2D eigenvalue weighted by Gasteiger charge is -2.25. The van der Waals surface area contributed by atoms with Gasteiger partial charge in [0.05, 0.1) is 22.3 Å². The number of carbonyl (C=O) groups is 3. The van der Waals surface area contributed by atoms with Crippen LogP contribution in [0.5, 0.6) is 0 Å². The number of hydrogen-bond acceptors (Lipinski definition) is 7. The predicted octanol–water partition coefficient (Wildman–Crippen LogP) is 4.35. The van der Waals surface area contributed by atoms with Crippen LogP contribution in [0, 0.1) is 17.6 Å². The number of hydroxylamine groups is 2. The van der Waals surface area contributed by atoms with Crippen molar-refractivity contribution in [1.82, 2.24) is 5.06 Å². The van der Waals surface area contributed by atoms with Crippen LogP contribution in [0.3, 0.4) is 0 Å². The van der Waals surface area contributed by atoms with Crippen LogP contribution < -0.4 is 0 Å². The van der Waals surface area contributed by atoms with Crippen molar-refractivity contribution in [3.63, 3.8) is 0 Å². The molecule has 2 atom stereocenters. The molecule has 0 aromatic heterocycles. The van der Waals surface area contributed by atoms with Gasteiger partial charge in [-0.05, 0) is 42.5 Å². The van der Waals surface area contributed by atoms with Gasteiger partial charge in [0.1, 0.15) is 11.6 Å². The third-order valence-corrected chi connectivity index (χ3v) is 7.58. The van der Waals surface area contributed by atoms with E-state index >= 15 is 0 Å². The Hall–Kier alpha value is -3.55. The molecule has 2 unspecified atom stereocenters. The molecule has 0 aliphatic carbocycles. The highest BCUT2D eigenvalue weighted by Gasteiger charge is 2.39. The zero-order chi connectivity index (χ0) is 26.8. The zero-order valence-corrected chi connectivity index (χ0v) is 19.2. The summed E-state index contributed by atoms with van der Waals surface area (Å²) in [7, 11) is -4.67. The van der Waals surface area contributed by atoms with Crippen molar-refractivity contribution < 1.29 is 54.3 Å². The maximum absolute atomic E-state index is 14.6. The van der Waals surface area contributed by atoms with Gasteiger partial charge >= 0.3 is 12.3 Å². The maximum atomic E-state index is 14.6. The van der Waals surface area contributed by atoms with Crippen molar-refractivity contribution in [2.45, 2.75) is 36.1 Å². The van der Waals surface area contributed by atoms with Gasteiger partial charge in [-0.2, -0.15) is 13.2 Å². The van der Waals surface area contributed by atoms with Gasteiger partial charge in [-0.1, -0.05) is 12.0 Å². The summed E-state index contributed by atoms with van der Waals surface area (Å²) in [5, 5.41) is -1.72. The van der Waals surface area contributed by atoms with Crippen LogP contribution in [0.15, 0.2) is 47.4 Å². The fourth-order valence-electron chi connectivity index (χ4n) is 3.54. The van der Waals surface area contributed by atoms with Crippen LogP contribution in [0.25, 0.3) is 0 Å². The number of halogens is 5. The Bertz CT molecular complexity index is 1260. The van der Waals surface area contributed by atoms with E-state index in [1.807, 2.05) is 0 Å². The average molecular weight is 535 g/mol. The average Bonchev–Trinajstić information content (AvgIpc) is 3.11. The summed E-state index contributed by atoms with van der Waals surface area (Å²) >= 11 is 0. The number of rotatable bonds is 7. The summed E-state index contributed by atoms with van der Waals surface area (Å²) in [6.45, 7) is 0.436. The molecule has 0 radical (unpaired) electrons. The molecule has 0 spiro atoms. The quantitative estimate of drug-likeness (QED) is 0.295. The zero-order valence-electron chi connectivity index (χ0n) is 18.4. The second-order valence-corrected chi connectivity index (χ2v) is 9.93. The van der Waals surface area contributed by atoms with E-state index in [0.717, 1.165) is 6.07 Å². The van der Waals surface area contributed by atoms with Crippen LogP contribution in [-0.2, 0) is 35.2 Å². The number of benzene rings is 2. The molecular weight excluding hydrogens is 517 g/mol. The van der Waals surface area contributed by atoms with Gasteiger partial charge < -0.3 is 4.74 Å². The fourth-order valence-corrected chi connectivity index (χ4v) is 5.55. The van der Waals surface area contributed by atoms with Crippen molar-refractivity contribution in [2.75, 3.05) is 6.61 Å². The van der Waals surface area contributed by atoms with Crippen molar-refractivity contribution in [3.05, 3.63) is 65.2 Å². The summed E-state index contributed by atoms with van der Waals surface area (Å²) in [6, 6.07) is 4.42. The van der Waals surface area contributed by atoms with E-state index in [2.05, 4.69) is 4.84 Å². The highest BCUT2D eigenvalue weighted by Crippen LogP contribution is 2.38. The Morgan fingerprint density at radius 1 is 1.03 bits per heavy atom. The molecule has 1 aliphatic heterocycles. The van der Waals surface area contributed by atoms with Gasteiger partial charge in [-0.3, -0.25) is 14.4 Å². The molecule has 0 bridgehead atoms. The number of ether oxygens (including phenoxy) is 1. The number of amides is 2. The first-order chi connectivity index (χ1) is 16.7. The van der Waals surface area contributed by atoms with Crippen LogP contribution in [0.4, 0.5) is 26.7 Å². The van der Waals surface area contributed by atoms with Gasteiger partial charge in [0.25, 0.3) is 11.8 Å². The third-order valence-electron chi connectivity index (χ3n) is 5.26. The molecule has 8 nitrogen and oxygen atoms in total. The Kier molecular flexibility index (Phi) is 7.67. The standard InChI is InChI=1S/C22H18F5NO7S/c1-12(11-34-21(31)35-28-18(29)8-9-19(28)30)20(16-10-14(23)4-7-17(16)24)36(32,33)15-5-2-13(3-6-15)22(25,26)27/h2-7,10,12,20H,8-9,11H2,1H3. The van der Waals surface area contributed by atoms with Gasteiger partial charge in [0.15, 0.2) is 9.84 Å². The van der Waals surface area contributed by atoms with Gasteiger partial charge in [0, 0.05) is 24.3 Å². The Balaban J connectivity index is 1.90. The highest BCUT2D eigenvalue weighted by molar-refractivity contribution is 7.91. The summed E-state index contributed by atoms with van der Waals surface area (Å²) in [5.41, 5.74) is -1.77. The van der Waals surface area contributed by atoms with E-state index in [1.54, 1.807) is 0 Å². The van der Waals surface area contributed by atoms with Crippen LogP contribution in [-0.4, -0.2) is 38.1 Å². The number of nitrogens with zero attached hydrogens (tertiary/aromatic N) is 1. The van der Waals surface area contributed by atoms with E-state index in [9.17, 15) is 44.8 Å². The summed E-state index contributed by atoms with van der Waals surface area (Å²) < 4.78 is 98.7. The second kappa shape index (κ2) is 10.2.